The molecule has 1 N–H and O–H groups in total. The van der Waals surface area contributed by atoms with Crippen LogP contribution in [-0.4, -0.2) is 42.0 Å². The third-order valence-electron chi connectivity index (χ3n) is 4.07. The van der Waals surface area contributed by atoms with Crippen LogP contribution in [0.25, 0.3) is 0 Å². The predicted molar refractivity (Wildman–Crippen MR) is 79.9 cm³/mol. The van der Waals surface area contributed by atoms with E-state index < -0.39 is 0 Å². The fraction of sp³-hybridized carbons (Fsp3) is 0.600. The van der Waals surface area contributed by atoms with Gasteiger partial charge in [-0.15, -0.1) is 11.3 Å². The van der Waals surface area contributed by atoms with Gasteiger partial charge in [-0.25, -0.2) is 0 Å². The molecule has 0 saturated carbocycles. The monoisotopic (exact) mass is 308 g/mol. The van der Waals surface area contributed by atoms with Gasteiger partial charge in [-0.2, -0.15) is 0 Å². The summed E-state index contributed by atoms with van der Waals surface area (Å²) in [5.41, 5.74) is 0. The Morgan fingerprint density at radius 1 is 1.48 bits per heavy atom. The van der Waals surface area contributed by atoms with Gasteiger partial charge in [-0.05, 0) is 30.7 Å². The normalized spacial score (nSPS) is 25.5. The van der Waals surface area contributed by atoms with Crippen LogP contribution in [0.1, 0.15) is 30.6 Å². The van der Waals surface area contributed by atoms with Gasteiger partial charge in [0.15, 0.2) is 0 Å². The molecule has 1 aromatic heterocycles. The Morgan fingerprint density at radius 2 is 2.38 bits per heavy atom. The van der Waals surface area contributed by atoms with Gasteiger partial charge in [0.25, 0.3) is 0 Å². The molecule has 114 valence electrons. The molecule has 2 atom stereocenters. The Morgan fingerprint density at radius 3 is 3.10 bits per heavy atom. The molecule has 1 aromatic rings. The highest BCUT2D eigenvalue weighted by molar-refractivity contribution is 7.09. The minimum absolute atomic E-state index is 0.0482. The summed E-state index contributed by atoms with van der Waals surface area (Å²) in [5, 5.41) is 4.93. The lowest BCUT2D eigenvalue weighted by Crippen LogP contribution is -2.46. The first-order chi connectivity index (χ1) is 10.2. The van der Waals surface area contributed by atoms with Crippen molar-refractivity contribution < 1.29 is 14.3 Å². The zero-order chi connectivity index (χ0) is 14.7. The van der Waals surface area contributed by atoms with Crippen LogP contribution in [0, 0.1) is 0 Å². The van der Waals surface area contributed by atoms with E-state index in [1.54, 1.807) is 16.2 Å². The van der Waals surface area contributed by atoms with E-state index in [-0.39, 0.29) is 24.0 Å². The van der Waals surface area contributed by atoms with Crippen LogP contribution in [0.3, 0.4) is 0 Å². The third-order valence-corrected chi connectivity index (χ3v) is 4.93. The molecule has 0 spiro atoms. The molecule has 21 heavy (non-hydrogen) atoms. The second-order valence-electron chi connectivity index (χ2n) is 5.54. The van der Waals surface area contributed by atoms with Gasteiger partial charge < -0.3 is 15.0 Å². The summed E-state index contributed by atoms with van der Waals surface area (Å²) >= 11 is 1.61. The summed E-state index contributed by atoms with van der Waals surface area (Å²) in [6.07, 6.45) is 3.28. The van der Waals surface area contributed by atoms with E-state index in [9.17, 15) is 9.59 Å². The van der Waals surface area contributed by atoms with E-state index >= 15 is 0 Å². The van der Waals surface area contributed by atoms with Crippen molar-refractivity contribution in [1.29, 1.82) is 0 Å². The number of amides is 2. The van der Waals surface area contributed by atoms with Gasteiger partial charge in [0, 0.05) is 24.4 Å². The maximum absolute atomic E-state index is 12.3. The van der Waals surface area contributed by atoms with E-state index in [0.717, 1.165) is 24.3 Å². The van der Waals surface area contributed by atoms with Crippen molar-refractivity contribution in [2.24, 2.45) is 0 Å². The molecular weight excluding hydrogens is 288 g/mol. The van der Waals surface area contributed by atoms with E-state index in [1.165, 1.54) is 0 Å². The molecular formula is C15H20N2O3S. The molecule has 0 unspecified atom stereocenters. The number of nitrogens with zero attached hydrogens (tertiary/aromatic N) is 1. The Bertz CT molecular complexity index is 497. The number of carbonyl (C=O) groups is 2. The van der Waals surface area contributed by atoms with Gasteiger partial charge in [-0.3, -0.25) is 9.59 Å². The number of hydrogen-bond donors (Lipinski definition) is 1. The Balaban J connectivity index is 1.56. The van der Waals surface area contributed by atoms with Gasteiger partial charge >= 0.3 is 0 Å². The largest absolute Gasteiger partial charge is 0.376 e. The zero-order valence-corrected chi connectivity index (χ0v) is 12.7. The number of thiophene rings is 1. The highest BCUT2D eigenvalue weighted by atomic mass is 32.1. The lowest BCUT2D eigenvalue weighted by atomic mass is 10.2. The fourth-order valence-corrected chi connectivity index (χ4v) is 3.62. The maximum Gasteiger partial charge on any atom is 0.242 e. The second kappa shape index (κ2) is 6.58. The van der Waals surface area contributed by atoms with Crippen molar-refractivity contribution in [1.82, 2.24) is 10.2 Å². The summed E-state index contributed by atoms with van der Waals surface area (Å²) in [6.45, 7) is 1.87. The highest BCUT2D eigenvalue weighted by Crippen LogP contribution is 2.23. The average molecular weight is 308 g/mol. The van der Waals surface area contributed by atoms with Crippen molar-refractivity contribution >= 4 is 23.2 Å². The molecule has 5 nitrogen and oxygen atoms in total. The molecule has 2 saturated heterocycles. The highest BCUT2D eigenvalue weighted by Gasteiger charge is 2.36. The first kappa shape index (κ1) is 14.5. The van der Waals surface area contributed by atoms with E-state index in [4.69, 9.17) is 4.74 Å². The van der Waals surface area contributed by atoms with Crippen LogP contribution in [0.4, 0.5) is 0 Å². The number of rotatable bonds is 5. The SMILES string of the molecule is O=C(NC[C@H]1CCCO1)[C@H]1CCC(=O)N1Cc1cccs1. The average Bonchev–Trinajstić information content (AvgIpc) is 3.21. The van der Waals surface area contributed by atoms with Crippen LogP contribution >= 0.6 is 11.3 Å². The number of hydrogen-bond acceptors (Lipinski definition) is 4. The minimum atomic E-state index is -0.332. The van der Waals surface area contributed by atoms with Crippen LogP contribution < -0.4 is 5.32 Å². The Kier molecular flexibility index (Phi) is 4.55. The van der Waals surface area contributed by atoms with Crippen molar-refractivity contribution in [3.63, 3.8) is 0 Å². The number of carbonyl (C=O) groups excluding carboxylic acids is 2. The summed E-state index contributed by atoms with van der Waals surface area (Å²) in [5.74, 6) is 0.0218. The minimum Gasteiger partial charge on any atom is -0.376 e. The van der Waals surface area contributed by atoms with Crippen LogP contribution in [0.15, 0.2) is 17.5 Å². The molecule has 0 radical (unpaired) electrons. The smallest absolute Gasteiger partial charge is 0.242 e. The quantitative estimate of drug-likeness (QED) is 0.897. The maximum atomic E-state index is 12.3. The number of likely N-dealkylation sites (tertiary alicyclic amines) is 1. The first-order valence-corrected chi connectivity index (χ1v) is 8.33. The predicted octanol–water partition coefficient (Wildman–Crippen LogP) is 1.53. The summed E-state index contributed by atoms with van der Waals surface area (Å²) in [4.78, 5) is 27.1. The fourth-order valence-electron chi connectivity index (χ4n) is 2.91. The molecule has 2 aliphatic rings. The molecule has 0 aliphatic carbocycles. The van der Waals surface area contributed by atoms with Gasteiger partial charge in [0.2, 0.25) is 11.8 Å². The molecule has 0 bridgehead atoms. The molecule has 0 aromatic carbocycles. The molecule has 6 heteroatoms. The summed E-state index contributed by atoms with van der Waals surface area (Å²) < 4.78 is 5.51. The Labute approximate surface area is 128 Å². The standard InChI is InChI=1S/C15H20N2O3S/c18-14-6-5-13(17(14)10-12-4-2-8-21-12)15(19)16-9-11-3-1-7-20-11/h2,4,8,11,13H,1,3,5-7,9-10H2,(H,16,19)/t11-,13-/m1/s1. The molecule has 3 heterocycles. The molecule has 2 amide bonds. The van der Waals surface area contributed by atoms with E-state index in [0.29, 0.717) is 25.9 Å². The van der Waals surface area contributed by atoms with Crippen LogP contribution in [-0.2, 0) is 20.9 Å². The van der Waals surface area contributed by atoms with Crippen molar-refractivity contribution in [3.05, 3.63) is 22.4 Å². The van der Waals surface area contributed by atoms with E-state index in [1.807, 2.05) is 17.5 Å². The number of ether oxygens (including phenoxy) is 1. The van der Waals surface area contributed by atoms with Crippen LogP contribution in [0.2, 0.25) is 0 Å². The van der Waals surface area contributed by atoms with Crippen molar-refractivity contribution in [2.45, 2.75) is 44.4 Å². The number of nitrogens with one attached hydrogen (secondary N) is 1. The van der Waals surface area contributed by atoms with Gasteiger partial charge in [-0.1, -0.05) is 6.07 Å². The molecule has 2 fully saturated rings. The van der Waals surface area contributed by atoms with Crippen molar-refractivity contribution in [3.8, 4) is 0 Å². The lowest BCUT2D eigenvalue weighted by molar-refractivity contribution is -0.136. The van der Waals surface area contributed by atoms with Gasteiger partial charge in [0.1, 0.15) is 6.04 Å². The summed E-state index contributed by atoms with van der Waals surface area (Å²) in [6, 6.07) is 3.63. The first-order valence-electron chi connectivity index (χ1n) is 7.45. The topological polar surface area (TPSA) is 58.6 Å². The summed E-state index contributed by atoms with van der Waals surface area (Å²) in [7, 11) is 0. The second-order valence-corrected chi connectivity index (χ2v) is 6.57. The zero-order valence-electron chi connectivity index (χ0n) is 11.9. The van der Waals surface area contributed by atoms with E-state index in [2.05, 4.69) is 5.32 Å². The molecule has 3 rings (SSSR count). The molecule has 2 aliphatic heterocycles. The van der Waals surface area contributed by atoms with Crippen LogP contribution in [0.5, 0.6) is 0 Å². The lowest BCUT2D eigenvalue weighted by Gasteiger charge is -2.24. The van der Waals surface area contributed by atoms with Gasteiger partial charge in [0.05, 0.1) is 12.6 Å². The Hall–Kier alpha value is -1.40. The van der Waals surface area contributed by atoms with Crippen molar-refractivity contribution in [2.75, 3.05) is 13.2 Å². The third kappa shape index (κ3) is 3.44.